The highest BCUT2D eigenvalue weighted by Crippen LogP contribution is 2.33. The van der Waals surface area contributed by atoms with Gasteiger partial charge in [0.25, 0.3) is 0 Å². The summed E-state index contributed by atoms with van der Waals surface area (Å²) in [7, 11) is 0. The quantitative estimate of drug-likeness (QED) is 0.424. The molecule has 160 valence electrons. The second kappa shape index (κ2) is 9.57. The number of hydrogen-bond acceptors (Lipinski definition) is 7. The Morgan fingerprint density at radius 3 is 2.90 bits per heavy atom. The van der Waals surface area contributed by atoms with Crippen molar-refractivity contribution in [3.63, 3.8) is 0 Å². The van der Waals surface area contributed by atoms with Crippen molar-refractivity contribution in [3.8, 4) is 11.5 Å². The summed E-state index contributed by atoms with van der Waals surface area (Å²) in [6, 6.07) is 12.6. The van der Waals surface area contributed by atoms with Gasteiger partial charge >= 0.3 is 5.97 Å². The van der Waals surface area contributed by atoms with Crippen molar-refractivity contribution in [2.45, 2.75) is 18.6 Å². The summed E-state index contributed by atoms with van der Waals surface area (Å²) in [4.78, 5) is 28.9. The number of thioether (sulfide) groups is 1. The normalized spacial score (nSPS) is 11.9. The standard InChI is InChI=1S/C22H21N3O5S/c1-2-28-21(27)16-5-3-4-6-17(16)24-20(26)13-31-22-23-9-10-25(22)12-15-7-8-18-19(11-15)30-14-29-18/h3-11H,2,12-14H2,1H3,(H,24,26). The van der Waals surface area contributed by atoms with Gasteiger partial charge in [0.2, 0.25) is 12.7 Å². The molecule has 1 aliphatic rings. The van der Waals surface area contributed by atoms with Gasteiger partial charge in [0, 0.05) is 18.9 Å². The number of fused-ring (bicyclic) bond motifs is 1. The van der Waals surface area contributed by atoms with Gasteiger partial charge in [0.1, 0.15) is 0 Å². The van der Waals surface area contributed by atoms with E-state index in [1.165, 1.54) is 11.8 Å². The first kappa shape index (κ1) is 20.8. The molecular formula is C22H21N3O5S. The van der Waals surface area contributed by atoms with Gasteiger partial charge in [-0.2, -0.15) is 0 Å². The predicted octanol–water partition coefficient (Wildman–Crippen LogP) is 3.57. The van der Waals surface area contributed by atoms with Gasteiger partial charge in [0.05, 0.1) is 23.6 Å². The lowest BCUT2D eigenvalue weighted by atomic mass is 10.2. The SMILES string of the molecule is CCOC(=O)c1ccccc1NC(=O)CSc1nccn1Cc1ccc2c(c1)OCO2. The number of esters is 1. The van der Waals surface area contributed by atoms with Crippen molar-refractivity contribution >= 4 is 29.3 Å². The molecule has 8 nitrogen and oxygen atoms in total. The number of ether oxygens (including phenoxy) is 3. The van der Waals surface area contributed by atoms with Gasteiger partial charge in [-0.25, -0.2) is 9.78 Å². The first-order valence-electron chi connectivity index (χ1n) is 9.72. The first-order chi connectivity index (χ1) is 15.1. The van der Waals surface area contributed by atoms with E-state index < -0.39 is 5.97 Å². The molecule has 0 bridgehead atoms. The van der Waals surface area contributed by atoms with Crippen LogP contribution < -0.4 is 14.8 Å². The first-order valence-corrected chi connectivity index (χ1v) is 10.7. The minimum absolute atomic E-state index is 0.148. The maximum Gasteiger partial charge on any atom is 0.340 e. The fraction of sp³-hybridized carbons (Fsp3) is 0.227. The summed E-state index contributed by atoms with van der Waals surface area (Å²) < 4.78 is 17.8. The number of anilines is 1. The highest BCUT2D eigenvalue weighted by atomic mass is 32.2. The number of para-hydroxylation sites is 1. The minimum Gasteiger partial charge on any atom is -0.462 e. The lowest BCUT2D eigenvalue weighted by molar-refractivity contribution is -0.113. The van der Waals surface area contributed by atoms with Gasteiger partial charge < -0.3 is 24.1 Å². The number of imidazole rings is 1. The second-order valence-electron chi connectivity index (χ2n) is 6.63. The molecule has 1 amide bonds. The van der Waals surface area contributed by atoms with Gasteiger partial charge in [-0.3, -0.25) is 4.79 Å². The van der Waals surface area contributed by atoms with E-state index in [0.29, 0.717) is 23.0 Å². The van der Waals surface area contributed by atoms with Gasteiger partial charge in [0.15, 0.2) is 16.7 Å². The van der Waals surface area contributed by atoms with E-state index in [0.717, 1.165) is 17.1 Å². The van der Waals surface area contributed by atoms with Gasteiger partial charge in [-0.05, 0) is 36.8 Å². The molecule has 1 aromatic heterocycles. The highest BCUT2D eigenvalue weighted by molar-refractivity contribution is 7.99. The van der Waals surface area contributed by atoms with Crippen LogP contribution in [0.4, 0.5) is 5.69 Å². The monoisotopic (exact) mass is 439 g/mol. The molecule has 0 saturated heterocycles. The highest BCUT2D eigenvalue weighted by Gasteiger charge is 2.16. The van der Waals surface area contributed by atoms with Crippen molar-refractivity contribution < 1.29 is 23.8 Å². The zero-order valence-corrected chi connectivity index (χ0v) is 17.7. The maximum absolute atomic E-state index is 12.5. The number of nitrogens with zero attached hydrogens (tertiary/aromatic N) is 2. The third kappa shape index (κ3) is 5.00. The number of nitrogens with one attached hydrogen (secondary N) is 1. The molecular weight excluding hydrogens is 418 g/mol. The largest absolute Gasteiger partial charge is 0.462 e. The Hall–Kier alpha value is -3.46. The van der Waals surface area contributed by atoms with Crippen LogP contribution in [0.25, 0.3) is 0 Å². The van der Waals surface area contributed by atoms with E-state index in [1.807, 2.05) is 29.0 Å². The molecule has 1 aliphatic heterocycles. The lowest BCUT2D eigenvalue weighted by Crippen LogP contribution is -2.17. The Balaban J connectivity index is 1.37. The molecule has 4 rings (SSSR count). The molecule has 31 heavy (non-hydrogen) atoms. The molecule has 0 aliphatic carbocycles. The summed E-state index contributed by atoms with van der Waals surface area (Å²) in [6.45, 7) is 2.83. The number of carbonyl (C=O) groups excluding carboxylic acids is 2. The van der Waals surface area contributed by atoms with Crippen LogP contribution in [0.3, 0.4) is 0 Å². The zero-order valence-electron chi connectivity index (χ0n) is 16.9. The molecule has 0 unspecified atom stereocenters. The number of hydrogen-bond donors (Lipinski definition) is 1. The third-order valence-corrected chi connectivity index (χ3v) is 5.50. The summed E-state index contributed by atoms with van der Waals surface area (Å²) in [5.74, 6) is 0.912. The van der Waals surface area contributed by atoms with E-state index in [4.69, 9.17) is 14.2 Å². The molecule has 1 N–H and O–H groups in total. The smallest absolute Gasteiger partial charge is 0.340 e. The zero-order chi connectivity index (χ0) is 21.6. The van der Waals surface area contributed by atoms with Crippen molar-refractivity contribution in [2.24, 2.45) is 0 Å². The fourth-order valence-electron chi connectivity index (χ4n) is 3.09. The number of amides is 1. The average Bonchev–Trinajstić information content (AvgIpc) is 3.41. The van der Waals surface area contributed by atoms with Crippen LogP contribution >= 0.6 is 11.8 Å². The molecule has 0 radical (unpaired) electrons. The van der Waals surface area contributed by atoms with E-state index in [2.05, 4.69) is 10.3 Å². The van der Waals surface area contributed by atoms with E-state index in [1.54, 1.807) is 37.4 Å². The molecule has 0 spiro atoms. The molecule has 9 heteroatoms. The van der Waals surface area contributed by atoms with Crippen molar-refractivity contribution in [2.75, 3.05) is 24.5 Å². The van der Waals surface area contributed by atoms with Crippen molar-refractivity contribution in [1.82, 2.24) is 9.55 Å². The van der Waals surface area contributed by atoms with Crippen LogP contribution in [-0.4, -0.2) is 40.6 Å². The topological polar surface area (TPSA) is 91.7 Å². The third-order valence-electron chi connectivity index (χ3n) is 4.50. The summed E-state index contributed by atoms with van der Waals surface area (Å²) in [6.07, 6.45) is 3.56. The molecule has 2 aromatic carbocycles. The molecule has 0 fully saturated rings. The Bertz CT molecular complexity index is 1100. The van der Waals surface area contributed by atoms with Crippen molar-refractivity contribution in [1.29, 1.82) is 0 Å². The van der Waals surface area contributed by atoms with Crippen LogP contribution in [0, 0.1) is 0 Å². The molecule has 0 saturated carbocycles. The Kier molecular flexibility index (Phi) is 6.42. The lowest BCUT2D eigenvalue weighted by Gasteiger charge is -2.11. The Morgan fingerprint density at radius 2 is 2.03 bits per heavy atom. The van der Waals surface area contributed by atoms with Crippen LogP contribution in [-0.2, 0) is 16.1 Å². The van der Waals surface area contributed by atoms with E-state index in [9.17, 15) is 9.59 Å². The number of carbonyl (C=O) groups is 2. The molecule has 3 aromatic rings. The van der Waals surface area contributed by atoms with Crippen LogP contribution in [0.15, 0.2) is 60.0 Å². The number of aromatic nitrogens is 2. The van der Waals surface area contributed by atoms with Crippen molar-refractivity contribution in [3.05, 3.63) is 66.0 Å². The second-order valence-corrected chi connectivity index (χ2v) is 7.57. The van der Waals surface area contributed by atoms with Gasteiger partial charge in [-0.15, -0.1) is 0 Å². The summed E-state index contributed by atoms with van der Waals surface area (Å²) in [5, 5.41) is 3.50. The Labute approximate surface area is 183 Å². The fourth-order valence-corrected chi connectivity index (χ4v) is 3.85. The summed E-state index contributed by atoms with van der Waals surface area (Å²) >= 11 is 1.32. The van der Waals surface area contributed by atoms with Gasteiger partial charge in [-0.1, -0.05) is 30.0 Å². The predicted molar refractivity (Wildman–Crippen MR) is 116 cm³/mol. The number of benzene rings is 2. The Morgan fingerprint density at radius 1 is 1.19 bits per heavy atom. The van der Waals surface area contributed by atoms with Crippen LogP contribution in [0.1, 0.15) is 22.8 Å². The van der Waals surface area contributed by atoms with Crippen LogP contribution in [0.2, 0.25) is 0 Å². The van der Waals surface area contributed by atoms with E-state index in [-0.39, 0.29) is 25.1 Å². The molecule has 2 heterocycles. The average molecular weight is 439 g/mol. The maximum atomic E-state index is 12.5. The van der Waals surface area contributed by atoms with E-state index >= 15 is 0 Å². The minimum atomic E-state index is -0.467. The van der Waals surface area contributed by atoms with Crippen LogP contribution in [0.5, 0.6) is 11.5 Å². The summed E-state index contributed by atoms with van der Waals surface area (Å²) in [5.41, 5.74) is 1.79. The molecule has 0 atom stereocenters. The number of rotatable bonds is 8.